The van der Waals surface area contributed by atoms with Gasteiger partial charge in [0.2, 0.25) is 0 Å². The molecule has 0 bridgehead atoms. The minimum absolute atomic E-state index is 0.256. The molecule has 2 heterocycles. The molecule has 5 heteroatoms. The van der Waals surface area contributed by atoms with Gasteiger partial charge in [0.1, 0.15) is 18.3 Å². The summed E-state index contributed by atoms with van der Waals surface area (Å²) in [7, 11) is 0. The van der Waals surface area contributed by atoms with Gasteiger partial charge in [-0.05, 0) is 13.8 Å². The summed E-state index contributed by atoms with van der Waals surface area (Å²) in [5.41, 5.74) is 0. The number of fused-ring (bicyclic) bond motifs is 1. The van der Waals surface area contributed by atoms with Crippen molar-refractivity contribution in [2.24, 2.45) is 0 Å². The summed E-state index contributed by atoms with van der Waals surface area (Å²) >= 11 is 0. The molecule has 2 aliphatic rings. The van der Waals surface area contributed by atoms with Gasteiger partial charge in [-0.25, -0.2) is 0 Å². The van der Waals surface area contributed by atoms with Crippen LogP contribution in [0.3, 0.4) is 0 Å². The number of rotatable bonds is 0. The van der Waals surface area contributed by atoms with E-state index in [-0.39, 0.29) is 12.7 Å². The van der Waals surface area contributed by atoms with Crippen molar-refractivity contribution >= 4 is 0 Å². The summed E-state index contributed by atoms with van der Waals surface area (Å²) < 4.78 is 15.8. The molecule has 2 rings (SSSR count). The molecule has 0 unspecified atom stereocenters. The molecule has 0 aromatic carbocycles. The van der Waals surface area contributed by atoms with E-state index in [1.165, 1.54) is 0 Å². The van der Waals surface area contributed by atoms with Crippen LogP contribution in [0.5, 0.6) is 0 Å². The zero-order valence-electron chi connectivity index (χ0n) is 7.64. The van der Waals surface area contributed by atoms with Crippen molar-refractivity contribution in [2.75, 3.05) is 6.61 Å². The molecule has 0 saturated carbocycles. The SMILES string of the molecule is CC1(C)O[C@H]2[C@@H](O)[C@@H](O)OC[C@H]2O1. The second kappa shape index (κ2) is 2.90. The number of aliphatic hydroxyl groups excluding tert-OH is 2. The first kappa shape index (κ1) is 9.36. The quantitative estimate of drug-likeness (QED) is 0.524. The van der Waals surface area contributed by atoms with Crippen LogP contribution in [-0.4, -0.2) is 47.2 Å². The summed E-state index contributed by atoms with van der Waals surface area (Å²) in [6, 6.07) is 0. The van der Waals surface area contributed by atoms with E-state index < -0.39 is 24.3 Å². The summed E-state index contributed by atoms with van der Waals surface area (Å²) in [5.74, 6) is -0.705. The van der Waals surface area contributed by atoms with Gasteiger partial charge in [0.25, 0.3) is 0 Å². The number of hydrogen-bond acceptors (Lipinski definition) is 5. The summed E-state index contributed by atoms with van der Waals surface area (Å²) in [6.07, 6.45) is -2.97. The molecule has 2 saturated heterocycles. The Kier molecular flexibility index (Phi) is 2.08. The molecule has 76 valence electrons. The average Bonchev–Trinajstić information content (AvgIpc) is 2.34. The molecular weight excluding hydrogens is 176 g/mol. The number of ether oxygens (including phenoxy) is 3. The highest BCUT2D eigenvalue weighted by Crippen LogP contribution is 2.33. The minimum Gasteiger partial charge on any atom is -0.385 e. The highest BCUT2D eigenvalue weighted by molar-refractivity contribution is 4.90. The van der Waals surface area contributed by atoms with Gasteiger partial charge in [0.15, 0.2) is 12.1 Å². The smallest absolute Gasteiger partial charge is 0.183 e. The topological polar surface area (TPSA) is 68.2 Å². The van der Waals surface area contributed by atoms with E-state index >= 15 is 0 Å². The zero-order valence-corrected chi connectivity index (χ0v) is 7.64. The molecule has 0 aromatic rings. The van der Waals surface area contributed by atoms with Crippen molar-refractivity contribution < 1.29 is 24.4 Å². The lowest BCUT2D eigenvalue weighted by atomic mass is 10.1. The summed E-state index contributed by atoms with van der Waals surface area (Å²) in [4.78, 5) is 0. The van der Waals surface area contributed by atoms with Crippen molar-refractivity contribution in [3.05, 3.63) is 0 Å². The fraction of sp³-hybridized carbons (Fsp3) is 1.00. The van der Waals surface area contributed by atoms with Gasteiger partial charge in [-0.1, -0.05) is 0 Å². The fourth-order valence-corrected chi connectivity index (χ4v) is 1.74. The highest BCUT2D eigenvalue weighted by atomic mass is 16.8. The minimum atomic E-state index is -1.17. The lowest BCUT2D eigenvalue weighted by Crippen LogP contribution is -2.51. The van der Waals surface area contributed by atoms with Gasteiger partial charge in [-0.3, -0.25) is 0 Å². The van der Waals surface area contributed by atoms with E-state index in [0.29, 0.717) is 0 Å². The molecule has 13 heavy (non-hydrogen) atoms. The molecule has 0 spiro atoms. The summed E-state index contributed by atoms with van der Waals surface area (Å²) in [5, 5.41) is 18.7. The van der Waals surface area contributed by atoms with Crippen LogP contribution >= 0.6 is 0 Å². The molecule has 0 aromatic heterocycles. The standard InChI is InChI=1S/C8H14O5/c1-8(2)12-4-3-11-7(10)5(9)6(4)13-8/h4-7,9-10H,3H2,1-2H3/t4-,5-,6-,7+/m1/s1. The van der Waals surface area contributed by atoms with Crippen molar-refractivity contribution in [3.8, 4) is 0 Å². The Morgan fingerprint density at radius 3 is 2.62 bits per heavy atom. The van der Waals surface area contributed by atoms with Gasteiger partial charge in [-0.15, -0.1) is 0 Å². The van der Waals surface area contributed by atoms with E-state index in [1.807, 2.05) is 0 Å². The molecule has 5 nitrogen and oxygen atoms in total. The Bertz CT molecular complexity index is 205. The Morgan fingerprint density at radius 1 is 1.23 bits per heavy atom. The van der Waals surface area contributed by atoms with E-state index in [0.717, 1.165) is 0 Å². The zero-order chi connectivity index (χ0) is 9.64. The van der Waals surface area contributed by atoms with Gasteiger partial charge in [0, 0.05) is 0 Å². The first-order valence-corrected chi connectivity index (χ1v) is 4.33. The lowest BCUT2D eigenvalue weighted by molar-refractivity contribution is -0.230. The number of aliphatic hydroxyl groups is 2. The first-order valence-electron chi connectivity index (χ1n) is 4.33. The van der Waals surface area contributed by atoms with E-state index in [4.69, 9.17) is 14.2 Å². The lowest BCUT2D eigenvalue weighted by Gasteiger charge is -2.31. The molecule has 0 radical (unpaired) electrons. The van der Waals surface area contributed by atoms with Gasteiger partial charge < -0.3 is 24.4 Å². The van der Waals surface area contributed by atoms with Crippen molar-refractivity contribution in [1.82, 2.24) is 0 Å². The van der Waals surface area contributed by atoms with Crippen LogP contribution in [0, 0.1) is 0 Å². The second-order valence-corrected chi connectivity index (χ2v) is 3.85. The third-order valence-corrected chi connectivity index (χ3v) is 2.28. The third kappa shape index (κ3) is 1.58. The summed E-state index contributed by atoms with van der Waals surface area (Å²) in [6.45, 7) is 3.79. The van der Waals surface area contributed by atoms with Crippen molar-refractivity contribution in [2.45, 2.75) is 44.2 Å². The maximum Gasteiger partial charge on any atom is 0.183 e. The predicted octanol–water partition coefficient (Wildman–Crippen LogP) is -0.784. The third-order valence-electron chi connectivity index (χ3n) is 2.28. The average molecular weight is 190 g/mol. The fourth-order valence-electron chi connectivity index (χ4n) is 1.74. The Labute approximate surface area is 76.2 Å². The maximum absolute atomic E-state index is 9.50. The molecule has 2 N–H and O–H groups in total. The monoisotopic (exact) mass is 190 g/mol. The van der Waals surface area contributed by atoms with Gasteiger partial charge in [-0.2, -0.15) is 0 Å². The van der Waals surface area contributed by atoms with E-state index in [2.05, 4.69) is 0 Å². The van der Waals surface area contributed by atoms with Crippen LogP contribution in [0.1, 0.15) is 13.8 Å². The van der Waals surface area contributed by atoms with Crippen LogP contribution < -0.4 is 0 Å². The van der Waals surface area contributed by atoms with Crippen LogP contribution in [0.2, 0.25) is 0 Å². The maximum atomic E-state index is 9.50. The van der Waals surface area contributed by atoms with Crippen LogP contribution in [0.15, 0.2) is 0 Å². The van der Waals surface area contributed by atoms with Crippen LogP contribution in [-0.2, 0) is 14.2 Å². The molecule has 4 atom stereocenters. The Hall–Kier alpha value is -0.200. The number of hydrogen-bond donors (Lipinski definition) is 2. The first-order chi connectivity index (χ1) is 5.99. The molecule has 0 aliphatic carbocycles. The van der Waals surface area contributed by atoms with Crippen LogP contribution in [0.25, 0.3) is 0 Å². The van der Waals surface area contributed by atoms with E-state index in [1.54, 1.807) is 13.8 Å². The van der Waals surface area contributed by atoms with E-state index in [9.17, 15) is 10.2 Å². The highest BCUT2D eigenvalue weighted by Gasteiger charge is 2.50. The molecule has 2 aliphatic heterocycles. The molecule has 2 fully saturated rings. The molecule has 0 amide bonds. The van der Waals surface area contributed by atoms with Gasteiger partial charge in [0.05, 0.1) is 6.61 Å². The second-order valence-electron chi connectivity index (χ2n) is 3.85. The van der Waals surface area contributed by atoms with Crippen LogP contribution in [0.4, 0.5) is 0 Å². The predicted molar refractivity (Wildman–Crippen MR) is 41.8 cm³/mol. The normalized spacial score (nSPS) is 48.9. The Balaban J connectivity index is 2.11. The van der Waals surface area contributed by atoms with Crippen molar-refractivity contribution in [1.29, 1.82) is 0 Å². The van der Waals surface area contributed by atoms with Gasteiger partial charge >= 0.3 is 0 Å². The molecular formula is C8H14O5. The largest absolute Gasteiger partial charge is 0.385 e. The Morgan fingerprint density at radius 2 is 1.92 bits per heavy atom. The van der Waals surface area contributed by atoms with Crippen molar-refractivity contribution in [3.63, 3.8) is 0 Å².